The normalized spacial score (nSPS) is 19.3. The maximum Gasteiger partial charge on any atom is 0.273 e. The molecule has 2 aliphatic rings. The first kappa shape index (κ1) is 32.4. The summed E-state index contributed by atoms with van der Waals surface area (Å²) in [6.07, 6.45) is 2.39. The number of halogens is 1. The molecule has 1 unspecified atom stereocenters. The van der Waals surface area contributed by atoms with Crippen LogP contribution in [0.15, 0.2) is 48.7 Å². The molecule has 1 atom stereocenters. The number of aromatic nitrogens is 2. The van der Waals surface area contributed by atoms with Crippen LogP contribution in [0.2, 0.25) is 0 Å². The van der Waals surface area contributed by atoms with Crippen molar-refractivity contribution in [2.75, 3.05) is 42.5 Å². The first-order chi connectivity index (χ1) is 20.4. The number of nitrogens with zero attached hydrogens (tertiary/aromatic N) is 5. The highest BCUT2D eigenvalue weighted by Crippen LogP contribution is 2.42. The van der Waals surface area contributed by atoms with Crippen molar-refractivity contribution in [1.82, 2.24) is 14.9 Å². The predicted octanol–water partition coefficient (Wildman–Crippen LogP) is 6.16. The average Bonchev–Trinajstić information content (AvgIpc) is 3.24. The third-order valence-electron chi connectivity index (χ3n) is 8.46. The molecule has 2 aromatic heterocycles. The molecule has 1 saturated heterocycles. The molecule has 3 aromatic rings. The second-order valence-corrected chi connectivity index (χ2v) is 13.0. The van der Waals surface area contributed by atoms with Crippen LogP contribution in [-0.2, 0) is 18.4 Å². The Hall–Kier alpha value is -3.52. The number of benzene rings is 1. The molecule has 1 aromatic carbocycles. The summed E-state index contributed by atoms with van der Waals surface area (Å²) < 4.78 is 14.4. The molecule has 232 valence electrons. The van der Waals surface area contributed by atoms with Gasteiger partial charge in [0.15, 0.2) is 0 Å². The highest BCUT2D eigenvalue weighted by molar-refractivity contribution is 5.94. The SMILES string of the molecule is CC.Cc1ccc(CC2(C)CN(CC(C)C)c3nc(C(=O)N4CCN(c5ccc(CO)cn5)CC4(C)C)ccc32)cc1F. The quantitative estimate of drug-likeness (QED) is 0.356. The van der Waals surface area contributed by atoms with Crippen molar-refractivity contribution in [3.8, 4) is 0 Å². The molecule has 1 amide bonds. The van der Waals surface area contributed by atoms with E-state index in [2.05, 4.69) is 55.5 Å². The summed E-state index contributed by atoms with van der Waals surface area (Å²) in [6.45, 7) is 20.0. The lowest BCUT2D eigenvalue weighted by atomic mass is 9.79. The second kappa shape index (κ2) is 13.0. The van der Waals surface area contributed by atoms with Gasteiger partial charge in [-0.15, -0.1) is 0 Å². The number of piperazine rings is 1. The van der Waals surface area contributed by atoms with Crippen LogP contribution < -0.4 is 9.80 Å². The number of aliphatic hydroxyl groups excluding tert-OH is 1. The van der Waals surface area contributed by atoms with Gasteiger partial charge < -0.3 is 19.8 Å². The number of amides is 1. The number of rotatable bonds is 7. The minimum Gasteiger partial charge on any atom is -0.392 e. The molecule has 0 aliphatic carbocycles. The highest BCUT2D eigenvalue weighted by atomic mass is 19.1. The minimum atomic E-state index is -0.436. The van der Waals surface area contributed by atoms with Gasteiger partial charge in [-0.3, -0.25) is 4.79 Å². The van der Waals surface area contributed by atoms with Gasteiger partial charge in [0.25, 0.3) is 5.91 Å². The number of aliphatic hydroxyl groups is 1. The lowest BCUT2D eigenvalue weighted by Crippen LogP contribution is -2.61. The Kier molecular flexibility index (Phi) is 9.79. The maximum atomic E-state index is 14.4. The summed E-state index contributed by atoms with van der Waals surface area (Å²) >= 11 is 0. The largest absolute Gasteiger partial charge is 0.392 e. The van der Waals surface area contributed by atoms with Crippen LogP contribution in [0.1, 0.15) is 81.2 Å². The summed E-state index contributed by atoms with van der Waals surface area (Å²) in [7, 11) is 0. The summed E-state index contributed by atoms with van der Waals surface area (Å²) in [5, 5.41) is 9.34. The van der Waals surface area contributed by atoms with Crippen LogP contribution in [0.3, 0.4) is 0 Å². The Labute approximate surface area is 256 Å². The molecule has 5 rings (SSSR count). The molecule has 0 spiro atoms. The van der Waals surface area contributed by atoms with Crippen LogP contribution in [-0.4, -0.2) is 64.1 Å². The molecule has 0 bridgehead atoms. The Balaban J connectivity index is 0.00000207. The molecule has 1 fully saturated rings. The summed E-state index contributed by atoms with van der Waals surface area (Å²) in [5.41, 5.74) is 3.27. The van der Waals surface area contributed by atoms with E-state index < -0.39 is 5.54 Å². The van der Waals surface area contributed by atoms with Crippen LogP contribution in [0.4, 0.5) is 16.0 Å². The van der Waals surface area contributed by atoms with Gasteiger partial charge in [0, 0.05) is 49.9 Å². The fourth-order valence-corrected chi connectivity index (χ4v) is 6.36. The molecule has 0 radical (unpaired) electrons. The fourth-order valence-electron chi connectivity index (χ4n) is 6.36. The van der Waals surface area contributed by atoms with Crippen molar-refractivity contribution in [2.24, 2.45) is 5.92 Å². The van der Waals surface area contributed by atoms with Crippen LogP contribution >= 0.6 is 0 Å². The van der Waals surface area contributed by atoms with Crippen molar-refractivity contribution < 1.29 is 14.3 Å². The zero-order valence-corrected chi connectivity index (χ0v) is 27.1. The van der Waals surface area contributed by atoms with Gasteiger partial charge in [0.2, 0.25) is 0 Å². The molecular formula is C35H48FN5O2. The summed E-state index contributed by atoms with van der Waals surface area (Å²) in [5.74, 6) is 1.89. The predicted molar refractivity (Wildman–Crippen MR) is 172 cm³/mol. The fraction of sp³-hybridized carbons (Fsp3) is 0.514. The van der Waals surface area contributed by atoms with Gasteiger partial charge in [0.1, 0.15) is 23.1 Å². The second-order valence-electron chi connectivity index (χ2n) is 13.0. The third-order valence-corrected chi connectivity index (χ3v) is 8.46. The zero-order chi connectivity index (χ0) is 31.5. The van der Waals surface area contributed by atoms with Crippen LogP contribution in [0.5, 0.6) is 0 Å². The van der Waals surface area contributed by atoms with Gasteiger partial charge in [-0.2, -0.15) is 0 Å². The van der Waals surface area contributed by atoms with Crippen LogP contribution in [0, 0.1) is 18.7 Å². The van der Waals surface area contributed by atoms with Crippen molar-refractivity contribution in [1.29, 1.82) is 0 Å². The Morgan fingerprint density at radius 1 is 1.02 bits per heavy atom. The molecule has 1 N–H and O–H groups in total. The molecular weight excluding hydrogens is 541 g/mol. The number of anilines is 2. The van der Waals surface area contributed by atoms with E-state index in [9.17, 15) is 14.3 Å². The number of fused-ring (bicyclic) bond motifs is 1. The van der Waals surface area contributed by atoms with Gasteiger partial charge in [0.05, 0.1) is 12.1 Å². The van der Waals surface area contributed by atoms with Gasteiger partial charge >= 0.3 is 0 Å². The average molecular weight is 590 g/mol. The monoisotopic (exact) mass is 589 g/mol. The first-order valence-corrected chi connectivity index (χ1v) is 15.5. The van der Waals surface area contributed by atoms with E-state index in [0.29, 0.717) is 43.2 Å². The van der Waals surface area contributed by atoms with Crippen molar-refractivity contribution in [2.45, 2.75) is 79.4 Å². The minimum absolute atomic E-state index is 0.0346. The summed E-state index contributed by atoms with van der Waals surface area (Å²) in [4.78, 5) is 29.9. The molecule has 7 nitrogen and oxygen atoms in total. The van der Waals surface area contributed by atoms with E-state index in [1.165, 1.54) is 0 Å². The van der Waals surface area contributed by atoms with Crippen LogP contribution in [0.25, 0.3) is 0 Å². The smallest absolute Gasteiger partial charge is 0.273 e. The van der Waals surface area contributed by atoms with Crippen molar-refractivity contribution in [3.63, 3.8) is 0 Å². The lowest BCUT2D eigenvalue weighted by Gasteiger charge is -2.47. The van der Waals surface area contributed by atoms with Gasteiger partial charge in [-0.1, -0.05) is 58.9 Å². The zero-order valence-electron chi connectivity index (χ0n) is 27.1. The number of hydrogen-bond donors (Lipinski definition) is 1. The number of hydrogen-bond acceptors (Lipinski definition) is 6. The maximum absolute atomic E-state index is 14.4. The van der Waals surface area contributed by atoms with E-state index in [1.54, 1.807) is 19.2 Å². The molecule has 0 saturated carbocycles. The first-order valence-electron chi connectivity index (χ1n) is 15.5. The van der Waals surface area contributed by atoms with Gasteiger partial charge in [-0.05, 0) is 68.0 Å². The number of aryl methyl sites for hydroxylation is 1. The van der Waals surface area contributed by atoms with Crippen molar-refractivity contribution >= 4 is 17.5 Å². The number of carbonyl (C=O) groups is 1. The number of pyridine rings is 2. The van der Waals surface area contributed by atoms with E-state index >= 15 is 0 Å². The molecule has 8 heteroatoms. The third kappa shape index (κ3) is 6.85. The Morgan fingerprint density at radius 3 is 2.35 bits per heavy atom. The van der Waals surface area contributed by atoms with E-state index in [4.69, 9.17) is 4.98 Å². The van der Waals surface area contributed by atoms with Crippen molar-refractivity contribution in [3.05, 3.63) is 82.4 Å². The lowest BCUT2D eigenvalue weighted by molar-refractivity contribution is 0.0507. The Bertz CT molecular complexity index is 1420. The van der Waals surface area contributed by atoms with E-state index in [1.807, 2.05) is 49.1 Å². The van der Waals surface area contributed by atoms with Gasteiger partial charge in [-0.25, -0.2) is 14.4 Å². The molecule has 43 heavy (non-hydrogen) atoms. The Morgan fingerprint density at radius 2 is 1.74 bits per heavy atom. The molecule has 2 aliphatic heterocycles. The van der Waals surface area contributed by atoms with E-state index in [-0.39, 0.29) is 23.7 Å². The van der Waals surface area contributed by atoms with E-state index in [0.717, 1.165) is 41.4 Å². The standard InChI is InChI=1S/C33H42FN5O2.C2H6/c1-22(2)18-38-21-33(6,16-24-8-7-23(3)27(34)15-24)26-10-11-28(36-30(26)38)31(41)39-14-13-37(20-32(39,4)5)29-12-9-25(19-40)17-35-29;1-2/h7-12,15,17,22,40H,13-14,16,18-21H2,1-6H3;1-2H3. The number of carbonyl (C=O) groups excluding carboxylic acids is 1. The topological polar surface area (TPSA) is 72.8 Å². The molecule has 4 heterocycles. The highest BCUT2D eigenvalue weighted by Gasteiger charge is 2.42. The summed E-state index contributed by atoms with van der Waals surface area (Å²) in [6, 6.07) is 13.2.